The van der Waals surface area contributed by atoms with Gasteiger partial charge in [-0.3, -0.25) is 0 Å². The number of benzene rings is 1. The molecule has 0 aromatic heterocycles. The van der Waals surface area contributed by atoms with Gasteiger partial charge in [0.2, 0.25) is 0 Å². The van der Waals surface area contributed by atoms with Crippen molar-refractivity contribution in [3.8, 4) is 17.2 Å². The molecule has 0 saturated heterocycles. The van der Waals surface area contributed by atoms with Gasteiger partial charge in [0.15, 0.2) is 16.6 Å². The Morgan fingerprint density at radius 3 is 2.14 bits per heavy atom. The standard InChI is InChI=1S/C15H25N3O3S/c1-18(2)7-6-16-15(22)17-10-11-8-13(20-4)14(21-5)9-12(11)19-3/h8-9H,6-7,10H2,1-5H3,(H2,16,17,22). The molecule has 6 nitrogen and oxygen atoms in total. The number of nitrogens with one attached hydrogen (secondary N) is 2. The Labute approximate surface area is 137 Å². The predicted octanol–water partition coefficient (Wildman–Crippen LogP) is 1.24. The van der Waals surface area contributed by atoms with Gasteiger partial charge >= 0.3 is 0 Å². The lowest BCUT2D eigenvalue weighted by atomic mass is 10.1. The zero-order chi connectivity index (χ0) is 16.5. The second-order valence-corrected chi connectivity index (χ2v) is 5.34. The van der Waals surface area contributed by atoms with Crippen molar-refractivity contribution in [1.29, 1.82) is 0 Å². The molecule has 1 rings (SSSR count). The van der Waals surface area contributed by atoms with Crippen molar-refractivity contribution in [2.75, 3.05) is 48.5 Å². The topological polar surface area (TPSA) is 55.0 Å². The summed E-state index contributed by atoms with van der Waals surface area (Å²) in [6.45, 7) is 2.25. The van der Waals surface area contributed by atoms with Crippen LogP contribution in [0.4, 0.5) is 0 Å². The summed E-state index contributed by atoms with van der Waals surface area (Å²) in [7, 11) is 8.87. The highest BCUT2D eigenvalue weighted by Gasteiger charge is 2.12. The van der Waals surface area contributed by atoms with Crippen molar-refractivity contribution in [3.63, 3.8) is 0 Å². The lowest BCUT2D eigenvalue weighted by molar-refractivity contribution is 0.347. The number of rotatable bonds is 8. The van der Waals surface area contributed by atoms with E-state index in [1.807, 2.05) is 20.2 Å². The van der Waals surface area contributed by atoms with E-state index in [1.54, 1.807) is 27.4 Å². The lowest BCUT2D eigenvalue weighted by Crippen LogP contribution is -2.38. The van der Waals surface area contributed by atoms with E-state index in [0.717, 1.165) is 24.4 Å². The minimum absolute atomic E-state index is 0.539. The van der Waals surface area contributed by atoms with Crippen molar-refractivity contribution in [2.45, 2.75) is 6.54 Å². The van der Waals surface area contributed by atoms with Crippen molar-refractivity contribution in [1.82, 2.24) is 15.5 Å². The summed E-state index contributed by atoms with van der Waals surface area (Å²) in [5.41, 5.74) is 0.942. The number of hydrogen-bond acceptors (Lipinski definition) is 5. The van der Waals surface area contributed by atoms with E-state index in [1.165, 1.54) is 0 Å². The summed E-state index contributed by atoms with van der Waals surface area (Å²) in [6, 6.07) is 3.69. The molecule has 0 aliphatic heterocycles. The monoisotopic (exact) mass is 327 g/mol. The molecule has 0 fully saturated rings. The average molecular weight is 327 g/mol. The molecule has 0 radical (unpaired) electrons. The second-order valence-electron chi connectivity index (χ2n) is 4.93. The summed E-state index contributed by atoms with van der Waals surface area (Å²) in [6.07, 6.45) is 0. The van der Waals surface area contributed by atoms with Gasteiger partial charge in [-0.25, -0.2) is 0 Å². The summed E-state index contributed by atoms with van der Waals surface area (Å²) in [5.74, 6) is 2.02. The van der Waals surface area contributed by atoms with E-state index in [9.17, 15) is 0 Å². The van der Waals surface area contributed by atoms with E-state index in [-0.39, 0.29) is 0 Å². The maximum absolute atomic E-state index is 5.39. The molecule has 1 aromatic carbocycles. The first-order chi connectivity index (χ1) is 10.5. The molecule has 0 unspecified atom stereocenters. The van der Waals surface area contributed by atoms with Gasteiger partial charge in [0.1, 0.15) is 5.75 Å². The first-order valence-electron chi connectivity index (χ1n) is 6.97. The Morgan fingerprint density at radius 1 is 1.00 bits per heavy atom. The van der Waals surface area contributed by atoms with Crippen molar-refractivity contribution < 1.29 is 14.2 Å². The summed E-state index contributed by atoms with van der Waals surface area (Å²) in [4.78, 5) is 2.09. The van der Waals surface area contributed by atoms with Crippen molar-refractivity contribution in [2.24, 2.45) is 0 Å². The molecule has 2 N–H and O–H groups in total. The average Bonchev–Trinajstić information content (AvgIpc) is 2.51. The van der Waals surface area contributed by atoms with Crippen LogP contribution < -0.4 is 24.8 Å². The van der Waals surface area contributed by atoms with E-state index in [0.29, 0.717) is 23.2 Å². The molecular formula is C15H25N3O3S. The molecule has 0 aliphatic rings. The summed E-state index contributed by atoms with van der Waals surface area (Å²) >= 11 is 5.26. The van der Waals surface area contributed by atoms with Gasteiger partial charge in [-0.15, -0.1) is 0 Å². The molecule has 1 aromatic rings. The number of likely N-dealkylation sites (N-methyl/N-ethyl adjacent to an activating group) is 1. The third kappa shape index (κ3) is 5.57. The first-order valence-corrected chi connectivity index (χ1v) is 7.38. The molecule has 0 heterocycles. The molecule has 0 spiro atoms. The predicted molar refractivity (Wildman–Crippen MR) is 92.1 cm³/mol. The second kappa shape index (κ2) is 9.32. The molecule has 124 valence electrons. The van der Waals surface area contributed by atoms with Crippen molar-refractivity contribution >= 4 is 17.3 Å². The van der Waals surface area contributed by atoms with Gasteiger partial charge in [0.05, 0.1) is 21.3 Å². The molecule has 0 atom stereocenters. The van der Waals surface area contributed by atoms with E-state index in [4.69, 9.17) is 26.4 Å². The van der Waals surface area contributed by atoms with Crippen LogP contribution in [0.25, 0.3) is 0 Å². The third-order valence-electron chi connectivity index (χ3n) is 3.07. The molecule has 0 bridgehead atoms. The zero-order valence-corrected chi connectivity index (χ0v) is 14.7. The summed E-state index contributed by atoms with van der Waals surface area (Å²) in [5, 5.41) is 6.93. The maximum atomic E-state index is 5.39. The quantitative estimate of drug-likeness (QED) is 0.697. The van der Waals surface area contributed by atoms with Crippen LogP contribution in [0.1, 0.15) is 5.56 Å². The van der Waals surface area contributed by atoms with Crippen LogP contribution in [0.2, 0.25) is 0 Å². The molecule has 0 saturated carbocycles. The van der Waals surface area contributed by atoms with Crippen LogP contribution in [0.15, 0.2) is 12.1 Å². The number of hydrogen-bond donors (Lipinski definition) is 2. The summed E-state index contributed by atoms with van der Waals surface area (Å²) < 4.78 is 16.0. The largest absolute Gasteiger partial charge is 0.496 e. The van der Waals surface area contributed by atoms with Gasteiger partial charge in [0.25, 0.3) is 0 Å². The SMILES string of the molecule is COc1cc(OC)c(OC)cc1CNC(=S)NCCN(C)C. The van der Waals surface area contributed by atoms with Gasteiger partial charge in [-0.2, -0.15) is 0 Å². The highest BCUT2D eigenvalue weighted by molar-refractivity contribution is 7.80. The van der Waals surface area contributed by atoms with Crippen LogP contribution in [0.3, 0.4) is 0 Å². The molecular weight excluding hydrogens is 302 g/mol. The Balaban J connectivity index is 2.66. The highest BCUT2D eigenvalue weighted by Crippen LogP contribution is 2.34. The maximum Gasteiger partial charge on any atom is 0.166 e. The van der Waals surface area contributed by atoms with Crippen molar-refractivity contribution in [3.05, 3.63) is 17.7 Å². The van der Waals surface area contributed by atoms with Gasteiger partial charge in [-0.1, -0.05) is 0 Å². The van der Waals surface area contributed by atoms with Crippen LogP contribution in [0.5, 0.6) is 17.2 Å². The fraction of sp³-hybridized carbons (Fsp3) is 0.533. The Bertz CT molecular complexity index is 495. The van der Waals surface area contributed by atoms with E-state index < -0.39 is 0 Å². The van der Waals surface area contributed by atoms with Gasteiger partial charge < -0.3 is 29.7 Å². The minimum Gasteiger partial charge on any atom is -0.496 e. The number of nitrogens with zero attached hydrogens (tertiary/aromatic N) is 1. The minimum atomic E-state index is 0.539. The Hall–Kier alpha value is -1.73. The normalized spacial score (nSPS) is 10.3. The van der Waals surface area contributed by atoms with Crippen LogP contribution in [-0.4, -0.2) is 58.5 Å². The Kier molecular flexibility index (Phi) is 7.76. The first kappa shape index (κ1) is 18.3. The van der Waals surface area contributed by atoms with Crippen LogP contribution in [-0.2, 0) is 6.54 Å². The lowest BCUT2D eigenvalue weighted by Gasteiger charge is -2.16. The van der Waals surface area contributed by atoms with E-state index in [2.05, 4.69) is 15.5 Å². The number of thiocarbonyl (C=S) groups is 1. The van der Waals surface area contributed by atoms with E-state index >= 15 is 0 Å². The fourth-order valence-electron chi connectivity index (χ4n) is 1.86. The highest BCUT2D eigenvalue weighted by atomic mass is 32.1. The number of ether oxygens (including phenoxy) is 3. The zero-order valence-electron chi connectivity index (χ0n) is 13.9. The van der Waals surface area contributed by atoms with Gasteiger partial charge in [-0.05, 0) is 32.4 Å². The van der Waals surface area contributed by atoms with Gasteiger partial charge in [0, 0.05) is 31.3 Å². The molecule has 22 heavy (non-hydrogen) atoms. The molecule has 0 aliphatic carbocycles. The fourth-order valence-corrected chi connectivity index (χ4v) is 2.04. The smallest absolute Gasteiger partial charge is 0.166 e. The Morgan fingerprint density at radius 2 is 1.59 bits per heavy atom. The van der Waals surface area contributed by atoms with Crippen LogP contribution in [0, 0.1) is 0 Å². The van der Waals surface area contributed by atoms with Crippen LogP contribution >= 0.6 is 12.2 Å². The number of methoxy groups -OCH3 is 3. The molecule has 7 heteroatoms. The third-order valence-corrected chi connectivity index (χ3v) is 3.36. The molecule has 0 amide bonds.